The van der Waals surface area contributed by atoms with E-state index in [-0.39, 0.29) is 0 Å². The molecule has 0 amide bonds. The van der Waals surface area contributed by atoms with Gasteiger partial charge in [-0.25, -0.2) is 4.79 Å². The van der Waals surface area contributed by atoms with Crippen molar-refractivity contribution in [1.82, 2.24) is 0 Å². The first-order valence-corrected chi connectivity index (χ1v) is 5.06. The molecule has 0 bridgehead atoms. The molecule has 0 unspecified atom stereocenters. The standard InChI is InChI=1S/C11H14O5/c1-6-8(10(12)13-3)9(7(2)16-6)11-14-4-5-15-11/h11H,4-5H2,1-3H3. The lowest BCUT2D eigenvalue weighted by atomic mass is 10.1. The Kier molecular flexibility index (Phi) is 2.98. The Morgan fingerprint density at radius 3 is 2.44 bits per heavy atom. The fraction of sp³-hybridized carbons (Fsp3) is 0.545. The Morgan fingerprint density at radius 2 is 1.88 bits per heavy atom. The second-order valence-electron chi connectivity index (χ2n) is 3.57. The molecule has 0 aromatic carbocycles. The normalized spacial score (nSPS) is 16.7. The highest BCUT2D eigenvalue weighted by Gasteiger charge is 2.31. The lowest BCUT2D eigenvalue weighted by Gasteiger charge is -2.09. The summed E-state index contributed by atoms with van der Waals surface area (Å²) in [6.07, 6.45) is -0.522. The lowest BCUT2D eigenvalue weighted by molar-refractivity contribution is -0.0457. The molecule has 1 aromatic heterocycles. The molecule has 0 spiro atoms. The quantitative estimate of drug-likeness (QED) is 0.719. The van der Waals surface area contributed by atoms with Gasteiger partial charge in [0.15, 0.2) is 6.29 Å². The third kappa shape index (κ3) is 1.72. The molecular weight excluding hydrogens is 212 g/mol. The zero-order chi connectivity index (χ0) is 11.7. The van der Waals surface area contributed by atoms with E-state index in [1.165, 1.54) is 7.11 Å². The van der Waals surface area contributed by atoms with Crippen molar-refractivity contribution in [2.75, 3.05) is 20.3 Å². The van der Waals surface area contributed by atoms with E-state index in [4.69, 9.17) is 18.6 Å². The van der Waals surface area contributed by atoms with Crippen LogP contribution in [0.2, 0.25) is 0 Å². The molecule has 0 radical (unpaired) electrons. The minimum Gasteiger partial charge on any atom is -0.465 e. The van der Waals surface area contributed by atoms with E-state index in [9.17, 15) is 4.79 Å². The van der Waals surface area contributed by atoms with Gasteiger partial charge in [0.1, 0.15) is 17.1 Å². The molecule has 0 N–H and O–H groups in total. The second-order valence-corrected chi connectivity index (χ2v) is 3.57. The van der Waals surface area contributed by atoms with Crippen molar-refractivity contribution in [3.05, 3.63) is 22.6 Å². The number of carbonyl (C=O) groups is 1. The van der Waals surface area contributed by atoms with Crippen molar-refractivity contribution < 1.29 is 23.4 Å². The zero-order valence-corrected chi connectivity index (χ0v) is 9.53. The van der Waals surface area contributed by atoms with Crippen LogP contribution in [0.15, 0.2) is 4.42 Å². The number of rotatable bonds is 2. The van der Waals surface area contributed by atoms with Crippen LogP contribution in [0.5, 0.6) is 0 Å². The topological polar surface area (TPSA) is 57.9 Å². The first-order chi connectivity index (χ1) is 7.65. The first kappa shape index (κ1) is 11.2. The van der Waals surface area contributed by atoms with Crippen LogP contribution >= 0.6 is 0 Å². The zero-order valence-electron chi connectivity index (χ0n) is 9.53. The van der Waals surface area contributed by atoms with Gasteiger partial charge >= 0.3 is 5.97 Å². The number of furan rings is 1. The molecule has 16 heavy (non-hydrogen) atoms. The summed E-state index contributed by atoms with van der Waals surface area (Å²) in [7, 11) is 1.34. The number of carbonyl (C=O) groups excluding carboxylic acids is 1. The summed E-state index contributed by atoms with van der Waals surface area (Å²) in [5.74, 6) is 0.728. The monoisotopic (exact) mass is 226 g/mol. The van der Waals surface area contributed by atoms with Crippen molar-refractivity contribution in [3.63, 3.8) is 0 Å². The average molecular weight is 226 g/mol. The van der Waals surface area contributed by atoms with Gasteiger partial charge in [0.25, 0.3) is 0 Å². The third-order valence-corrected chi connectivity index (χ3v) is 2.55. The van der Waals surface area contributed by atoms with Gasteiger partial charge in [-0.05, 0) is 13.8 Å². The Labute approximate surface area is 93.3 Å². The summed E-state index contributed by atoms with van der Waals surface area (Å²) in [4.78, 5) is 11.6. The number of hydrogen-bond donors (Lipinski definition) is 0. The largest absolute Gasteiger partial charge is 0.465 e. The molecule has 1 fully saturated rings. The minimum atomic E-state index is -0.522. The Hall–Kier alpha value is -1.33. The summed E-state index contributed by atoms with van der Waals surface area (Å²) < 4.78 is 20.9. The Morgan fingerprint density at radius 1 is 1.25 bits per heavy atom. The van der Waals surface area contributed by atoms with Crippen LogP contribution in [-0.2, 0) is 14.2 Å². The molecule has 0 saturated carbocycles. The van der Waals surface area contributed by atoms with Crippen molar-refractivity contribution >= 4 is 5.97 Å². The van der Waals surface area contributed by atoms with Gasteiger partial charge in [0, 0.05) is 0 Å². The van der Waals surface area contributed by atoms with Crippen molar-refractivity contribution in [1.29, 1.82) is 0 Å². The number of hydrogen-bond acceptors (Lipinski definition) is 5. The van der Waals surface area contributed by atoms with E-state index < -0.39 is 12.3 Å². The molecule has 5 heteroatoms. The van der Waals surface area contributed by atoms with Gasteiger partial charge in [-0.3, -0.25) is 0 Å². The molecule has 1 saturated heterocycles. The maximum atomic E-state index is 11.6. The van der Waals surface area contributed by atoms with E-state index in [1.54, 1.807) is 13.8 Å². The molecule has 1 aromatic rings. The van der Waals surface area contributed by atoms with Gasteiger partial charge in [0.2, 0.25) is 0 Å². The molecule has 5 nitrogen and oxygen atoms in total. The van der Waals surface area contributed by atoms with Crippen LogP contribution in [0.25, 0.3) is 0 Å². The smallest absolute Gasteiger partial charge is 0.341 e. The van der Waals surface area contributed by atoms with E-state index >= 15 is 0 Å². The van der Waals surface area contributed by atoms with Gasteiger partial charge < -0.3 is 18.6 Å². The molecule has 1 aliphatic heterocycles. The minimum absolute atomic E-state index is 0.409. The highest BCUT2D eigenvalue weighted by molar-refractivity contribution is 5.92. The number of aryl methyl sites for hydroxylation is 2. The van der Waals surface area contributed by atoms with Crippen LogP contribution in [0.3, 0.4) is 0 Å². The van der Waals surface area contributed by atoms with Gasteiger partial charge in [0.05, 0.1) is 25.9 Å². The van der Waals surface area contributed by atoms with Crippen molar-refractivity contribution in [3.8, 4) is 0 Å². The molecule has 88 valence electrons. The predicted octanol–water partition coefficient (Wildman–Crippen LogP) is 1.73. The summed E-state index contributed by atoms with van der Waals surface area (Å²) in [5, 5.41) is 0. The van der Waals surface area contributed by atoms with E-state index in [0.29, 0.717) is 35.9 Å². The summed E-state index contributed by atoms with van der Waals surface area (Å²) in [5.41, 5.74) is 1.05. The summed E-state index contributed by atoms with van der Waals surface area (Å²) >= 11 is 0. The van der Waals surface area contributed by atoms with Gasteiger partial charge in [-0.15, -0.1) is 0 Å². The highest BCUT2D eigenvalue weighted by atomic mass is 16.7. The van der Waals surface area contributed by atoms with E-state index in [0.717, 1.165) is 0 Å². The lowest BCUT2D eigenvalue weighted by Crippen LogP contribution is -2.09. The maximum Gasteiger partial charge on any atom is 0.341 e. The number of esters is 1. The second kappa shape index (κ2) is 4.27. The van der Waals surface area contributed by atoms with Crippen LogP contribution in [0.4, 0.5) is 0 Å². The van der Waals surface area contributed by atoms with Crippen LogP contribution < -0.4 is 0 Å². The van der Waals surface area contributed by atoms with Crippen LogP contribution in [0.1, 0.15) is 33.7 Å². The molecule has 0 aliphatic carbocycles. The van der Waals surface area contributed by atoms with E-state index in [1.807, 2.05) is 0 Å². The summed E-state index contributed by atoms with van der Waals surface area (Å²) in [6, 6.07) is 0. The number of methoxy groups -OCH3 is 1. The molecular formula is C11H14O5. The van der Waals surface area contributed by atoms with Crippen LogP contribution in [0, 0.1) is 13.8 Å². The Bertz CT molecular complexity index is 401. The highest BCUT2D eigenvalue weighted by Crippen LogP contribution is 2.33. The van der Waals surface area contributed by atoms with Crippen molar-refractivity contribution in [2.45, 2.75) is 20.1 Å². The Balaban J connectivity index is 2.45. The number of ether oxygens (including phenoxy) is 3. The first-order valence-electron chi connectivity index (χ1n) is 5.06. The van der Waals surface area contributed by atoms with Gasteiger partial charge in [-0.1, -0.05) is 0 Å². The molecule has 2 rings (SSSR count). The molecule has 2 heterocycles. The molecule has 1 aliphatic rings. The molecule has 0 atom stereocenters. The summed E-state index contributed by atoms with van der Waals surface area (Å²) in [6.45, 7) is 4.54. The average Bonchev–Trinajstić information content (AvgIpc) is 2.84. The van der Waals surface area contributed by atoms with Gasteiger partial charge in [-0.2, -0.15) is 0 Å². The third-order valence-electron chi connectivity index (χ3n) is 2.55. The van der Waals surface area contributed by atoms with Crippen molar-refractivity contribution in [2.24, 2.45) is 0 Å². The maximum absolute atomic E-state index is 11.6. The predicted molar refractivity (Wildman–Crippen MR) is 54.2 cm³/mol. The van der Waals surface area contributed by atoms with Crippen LogP contribution in [-0.4, -0.2) is 26.3 Å². The SMILES string of the molecule is COC(=O)c1c(C)oc(C)c1C1OCCO1. The fourth-order valence-electron chi connectivity index (χ4n) is 1.87. The fourth-order valence-corrected chi connectivity index (χ4v) is 1.87. The van der Waals surface area contributed by atoms with E-state index in [2.05, 4.69) is 0 Å².